The number of aliphatic carboxylic acids is 1. The zero-order valence-corrected chi connectivity index (χ0v) is 24.1. The number of halogens is 5. The van der Waals surface area contributed by atoms with E-state index in [2.05, 4.69) is 41.6 Å². The van der Waals surface area contributed by atoms with E-state index in [-0.39, 0.29) is 33.3 Å². The third-order valence-corrected chi connectivity index (χ3v) is 8.25. The van der Waals surface area contributed by atoms with Crippen LogP contribution in [0.2, 0.25) is 0 Å². The standard InChI is InChI=1S/C22H20BrFN6O5S.C2HF3O2/c23-17-11-16(5-6-18(17)24)30-21(28-34-22(30)31)19-20(27-35-26-19)25-12-14-1-3-15(4-2-14)13-29-7-9-36(32,33)10-8-29;3-2(4,5)1(6)7/h1-6,11H,7-10,12-13H2,(H,25,27);(H,6,7). The Bertz CT molecular complexity index is 1740. The fraction of sp³-hybridized carbons (Fsp3) is 0.292. The van der Waals surface area contributed by atoms with Gasteiger partial charge in [0, 0.05) is 26.2 Å². The molecule has 0 radical (unpaired) electrons. The zero-order valence-electron chi connectivity index (χ0n) is 21.7. The number of nitrogens with zero attached hydrogens (tertiary/aromatic N) is 5. The number of aromatic nitrogens is 4. The smallest absolute Gasteiger partial charge is 0.475 e. The number of benzene rings is 2. The minimum Gasteiger partial charge on any atom is -0.475 e. The van der Waals surface area contributed by atoms with E-state index in [1.165, 1.54) is 18.2 Å². The lowest BCUT2D eigenvalue weighted by Gasteiger charge is -2.26. The molecule has 2 N–H and O–H groups in total. The summed E-state index contributed by atoms with van der Waals surface area (Å²) in [4.78, 5) is 23.3. The number of nitrogens with one attached hydrogen (secondary N) is 1. The molecule has 43 heavy (non-hydrogen) atoms. The number of anilines is 1. The summed E-state index contributed by atoms with van der Waals surface area (Å²) in [5.41, 5.74) is 2.51. The van der Waals surface area contributed by atoms with E-state index in [1.807, 2.05) is 24.3 Å². The van der Waals surface area contributed by atoms with Crippen LogP contribution in [0.4, 0.5) is 23.4 Å². The van der Waals surface area contributed by atoms with Gasteiger partial charge in [0.2, 0.25) is 11.6 Å². The van der Waals surface area contributed by atoms with Crippen LogP contribution < -0.4 is 11.1 Å². The monoisotopic (exact) mass is 692 g/mol. The first kappa shape index (κ1) is 31.8. The highest BCUT2D eigenvalue weighted by Crippen LogP contribution is 2.26. The minimum atomic E-state index is -5.08. The van der Waals surface area contributed by atoms with Crippen LogP contribution in [0.1, 0.15) is 11.1 Å². The first-order valence-corrected chi connectivity index (χ1v) is 14.8. The summed E-state index contributed by atoms with van der Waals surface area (Å²) in [5, 5.41) is 21.8. The highest BCUT2D eigenvalue weighted by atomic mass is 79.9. The molecule has 0 saturated carbocycles. The Labute approximate surface area is 248 Å². The van der Waals surface area contributed by atoms with Crippen LogP contribution >= 0.6 is 15.9 Å². The van der Waals surface area contributed by atoms with E-state index in [4.69, 9.17) is 19.1 Å². The highest BCUT2D eigenvalue weighted by molar-refractivity contribution is 9.10. The second-order valence-corrected chi connectivity index (χ2v) is 12.2. The molecule has 2 aromatic heterocycles. The van der Waals surface area contributed by atoms with Gasteiger partial charge >= 0.3 is 17.9 Å². The lowest BCUT2D eigenvalue weighted by molar-refractivity contribution is -0.192. The normalized spacial score (nSPS) is 15.0. The molecule has 1 fully saturated rings. The zero-order chi connectivity index (χ0) is 31.4. The molecule has 19 heteroatoms. The van der Waals surface area contributed by atoms with Crippen LogP contribution in [-0.4, -0.2) is 75.2 Å². The first-order chi connectivity index (χ1) is 20.2. The quantitative estimate of drug-likeness (QED) is 0.271. The van der Waals surface area contributed by atoms with Crippen molar-refractivity contribution in [2.75, 3.05) is 29.9 Å². The Morgan fingerprint density at radius 2 is 1.67 bits per heavy atom. The lowest BCUT2D eigenvalue weighted by atomic mass is 10.1. The third kappa shape index (κ3) is 8.26. The number of alkyl halides is 3. The van der Waals surface area contributed by atoms with E-state index in [1.54, 1.807) is 0 Å². The van der Waals surface area contributed by atoms with E-state index in [9.17, 15) is 30.8 Å². The fourth-order valence-corrected chi connectivity index (χ4v) is 5.46. The van der Waals surface area contributed by atoms with Gasteiger partial charge in [-0.15, -0.1) is 0 Å². The van der Waals surface area contributed by atoms with Crippen LogP contribution in [0.15, 0.2) is 60.9 Å². The van der Waals surface area contributed by atoms with Gasteiger partial charge < -0.3 is 10.4 Å². The van der Waals surface area contributed by atoms with Crippen molar-refractivity contribution in [3.63, 3.8) is 0 Å². The van der Waals surface area contributed by atoms with Gasteiger partial charge in [0.1, 0.15) is 5.82 Å². The van der Waals surface area contributed by atoms with Crippen LogP contribution in [0.5, 0.6) is 0 Å². The Hall–Kier alpha value is -4.10. The number of sulfone groups is 1. The topological polar surface area (TPSA) is 174 Å². The first-order valence-electron chi connectivity index (χ1n) is 12.1. The Morgan fingerprint density at radius 3 is 2.28 bits per heavy atom. The molecule has 0 amide bonds. The summed E-state index contributed by atoms with van der Waals surface area (Å²) in [7, 11) is -2.90. The van der Waals surface area contributed by atoms with Gasteiger partial charge in [-0.3, -0.25) is 9.42 Å². The van der Waals surface area contributed by atoms with Crippen molar-refractivity contribution in [1.82, 2.24) is 24.9 Å². The van der Waals surface area contributed by atoms with E-state index in [0.717, 1.165) is 15.7 Å². The minimum absolute atomic E-state index is 0.0427. The maximum atomic E-state index is 13.7. The van der Waals surface area contributed by atoms with Gasteiger partial charge in [-0.25, -0.2) is 31.6 Å². The second kappa shape index (κ2) is 13.0. The number of carbonyl (C=O) groups is 1. The average Bonchev–Trinajstić information content (AvgIpc) is 3.57. The average molecular weight is 693 g/mol. The molecule has 3 heterocycles. The molecule has 1 aliphatic rings. The van der Waals surface area contributed by atoms with E-state index in [0.29, 0.717) is 31.9 Å². The molecular formula is C24H21BrF4N6O7S. The van der Waals surface area contributed by atoms with Gasteiger partial charge in [-0.1, -0.05) is 29.4 Å². The maximum absolute atomic E-state index is 13.7. The van der Waals surface area contributed by atoms with E-state index >= 15 is 0 Å². The van der Waals surface area contributed by atoms with E-state index < -0.39 is 33.6 Å². The van der Waals surface area contributed by atoms with Gasteiger partial charge in [0.25, 0.3) is 0 Å². The molecule has 0 bridgehead atoms. The van der Waals surface area contributed by atoms with Crippen molar-refractivity contribution < 1.29 is 45.0 Å². The fourth-order valence-electron chi connectivity index (χ4n) is 3.82. The lowest BCUT2D eigenvalue weighted by Crippen LogP contribution is -2.39. The number of hydrogen-bond acceptors (Lipinski definition) is 11. The number of rotatable bonds is 7. The molecule has 0 spiro atoms. The van der Waals surface area contributed by atoms with Crippen molar-refractivity contribution in [2.45, 2.75) is 19.3 Å². The van der Waals surface area contributed by atoms with Crippen molar-refractivity contribution in [1.29, 1.82) is 0 Å². The molecule has 0 unspecified atom stereocenters. The molecule has 1 aliphatic heterocycles. The predicted octanol–water partition coefficient (Wildman–Crippen LogP) is 3.25. The Kier molecular flexibility index (Phi) is 9.65. The van der Waals surface area contributed by atoms with Crippen molar-refractivity contribution >= 4 is 37.6 Å². The highest BCUT2D eigenvalue weighted by Gasteiger charge is 2.38. The Balaban J connectivity index is 0.000000541. The van der Waals surface area contributed by atoms with Crippen molar-refractivity contribution in [3.05, 3.63) is 74.4 Å². The van der Waals surface area contributed by atoms with Gasteiger partial charge in [-0.2, -0.15) is 13.2 Å². The summed E-state index contributed by atoms with van der Waals surface area (Å²) in [6.45, 7) is 2.14. The molecule has 1 saturated heterocycles. The van der Waals surface area contributed by atoms with Crippen molar-refractivity contribution in [2.24, 2.45) is 0 Å². The summed E-state index contributed by atoms with van der Waals surface area (Å²) in [6, 6.07) is 11.9. The predicted molar refractivity (Wildman–Crippen MR) is 144 cm³/mol. The number of carboxylic acid groups (broad SMARTS) is 1. The molecule has 0 aliphatic carbocycles. The summed E-state index contributed by atoms with van der Waals surface area (Å²) < 4.78 is 79.6. The molecule has 5 rings (SSSR count). The Morgan fingerprint density at radius 1 is 1.05 bits per heavy atom. The van der Waals surface area contributed by atoms with Gasteiger partial charge in [-0.05, 0) is 55.6 Å². The summed E-state index contributed by atoms with van der Waals surface area (Å²) >= 11 is 3.10. The molecule has 2 aromatic carbocycles. The van der Waals surface area contributed by atoms with Gasteiger partial charge in [0.15, 0.2) is 15.5 Å². The largest absolute Gasteiger partial charge is 0.490 e. The number of carboxylic acids is 1. The molecule has 0 atom stereocenters. The molecule has 230 valence electrons. The molecule has 13 nitrogen and oxygen atoms in total. The number of hydrogen-bond donors (Lipinski definition) is 2. The second-order valence-electron chi connectivity index (χ2n) is 9.07. The summed E-state index contributed by atoms with van der Waals surface area (Å²) in [6.07, 6.45) is -5.08. The van der Waals surface area contributed by atoms with Crippen molar-refractivity contribution in [3.8, 4) is 17.2 Å². The third-order valence-electron chi connectivity index (χ3n) is 6.03. The van der Waals surface area contributed by atoms with Crippen LogP contribution in [0.25, 0.3) is 17.2 Å². The van der Waals surface area contributed by atoms with Crippen LogP contribution in [-0.2, 0) is 27.7 Å². The van der Waals surface area contributed by atoms with Crippen LogP contribution in [0, 0.1) is 5.82 Å². The van der Waals surface area contributed by atoms with Crippen LogP contribution in [0.3, 0.4) is 0 Å². The van der Waals surface area contributed by atoms with Gasteiger partial charge in [0.05, 0.1) is 21.7 Å². The molecular weight excluding hydrogens is 672 g/mol. The maximum Gasteiger partial charge on any atom is 0.490 e. The summed E-state index contributed by atoms with van der Waals surface area (Å²) in [5.74, 6) is -3.34. The molecule has 4 aromatic rings. The SMILES string of the molecule is O=C(O)C(F)(F)F.O=c1onc(-c2nonc2NCc2ccc(CN3CCS(=O)(=O)CC3)cc2)n1-c1ccc(F)c(Br)c1.